The number of hydrogen-bond donors (Lipinski definition) is 1. The predicted octanol–water partition coefficient (Wildman–Crippen LogP) is 1.06. The molecule has 1 fully saturated rings. The van der Waals surface area contributed by atoms with Gasteiger partial charge in [0.25, 0.3) is 0 Å². The van der Waals surface area contributed by atoms with E-state index in [1.807, 2.05) is 24.3 Å². The second kappa shape index (κ2) is 7.42. The van der Waals surface area contributed by atoms with E-state index in [0.717, 1.165) is 31.1 Å². The van der Waals surface area contributed by atoms with Gasteiger partial charge in [0.05, 0.1) is 13.7 Å². The number of nitrogens with two attached hydrogens (primary N) is 1. The second-order valence-electron chi connectivity index (χ2n) is 4.59. The largest absolute Gasteiger partial charge is 0.497 e. The maximum Gasteiger partial charge on any atom is 0.120 e. The first-order chi connectivity index (χ1) is 9.69. The lowest BCUT2D eigenvalue weighted by molar-refractivity contribution is 0.00306. The van der Waals surface area contributed by atoms with Gasteiger partial charge < -0.3 is 19.9 Å². The quantitative estimate of drug-likeness (QED) is 0.792. The van der Waals surface area contributed by atoms with Crippen LogP contribution < -0.4 is 15.2 Å². The average Bonchev–Trinajstić information content (AvgIpc) is 2.48. The Morgan fingerprint density at radius 2 is 2.10 bits per heavy atom. The Hall–Kier alpha value is -1.37. The van der Waals surface area contributed by atoms with Crippen LogP contribution in [0.5, 0.6) is 11.5 Å². The zero-order valence-corrected chi connectivity index (χ0v) is 12.4. The zero-order chi connectivity index (χ0) is 14.4. The van der Waals surface area contributed by atoms with Crippen LogP contribution in [0, 0.1) is 0 Å². The molecule has 1 aromatic rings. The third kappa shape index (κ3) is 4.33. The average molecular weight is 296 g/mol. The first-order valence-corrected chi connectivity index (χ1v) is 7.00. The SMILES string of the molecule is COc1ccc(OCCN2CCOC(C(N)=S)C2)cc1. The van der Waals surface area contributed by atoms with Crippen LogP contribution in [0.1, 0.15) is 0 Å². The lowest BCUT2D eigenvalue weighted by atomic mass is 10.2. The topological polar surface area (TPSA) is 57.0 Å². The summed E-state index contributed by atoms with van der Waals surface area (Å²) in [6.07, 6.45) is -0.139. The van der Waals surface area contributed by atoms with Crippen LogP contribution in [0.3, 0.4) is 0 Å². The third-order valence-corrected chi connectivity index (χ3v) is 3.47. The molecule has 1 unspecified atom stereocenters. The minimum atomic E-state index is -0.139. The number of nitrogens with zero attached hydrogens (tertiary/aromatic N) is 1. The second-order valence-corrected chi connectivity index (χ2v) is 5.06. The number of ether oxygens (including phenoxy) is 3. The monoisotopic (exact) mass is 296 g/mol. The van der Waals surface area contributed by atoms with Crippen LogP contribution in [-0.2, 0) is 4.74 Å². The van der Waals surface area contributed by atoms with E-state index in [-0.39, 0.29) is 6.10 Å². The Balaban J connectivity index is 1.73. The molecule has 2 rings (SSSR count). The molecular formula is C14H20N2O3S. The fourth-order valence-corrected chi connectivity index (χ4v) is 2.18. The first-order valence-electron chi connectivity index (χ1n) is 6.59. The number of thiocarbonyl (C=S) groups is 1. The van der Waals surface area contributed by atoms with Crippen LogP contribution in [0.25, 0.3) is 0 Å². The highest BCUT2D eigenvalue weighted by molar-refractivity contribution is 7.80. The maximum atomic E-state index is 5.70. The molecule has 6 heteroatoms. The Kier molecular flexibility index (Phi) is 5.58. The molecule has 110 valence electrons. The Morgan fingerprint density at radius 3 is 2.75 bits per heavy atom. The van der Waals surface area contributed by atoms with E-state index >= 15 is 0 Å². The van der Waals surface area contributed by atoms with E-state index in [9.17, 15) is 0 Å². The molecule has 0 spiro atoms. The molecular weight excluding hydrogens is 276 g/mol. The van der Waals surface area contributed by atoms with E-state index < -0.39 is 0 Å². The molecule has 1 aliphatic rings. The maximum absolute atomic E-state index is 5.70. The zero-order valence-electron chi connectivity index (χ0n) is 11.6. The predicted molar refractivity (Wildman–Crippen MR) is 81.5 cm³/mol. The van der Waals surface area contributed by atoms with E-state index in [1.165, 1.54) is 0 Å². The summed E-state index contributed by atoms with van der Waals surface area (Å²) < 4.78 is 16.3. The van der Waals surface area contributed by atoms with E-state index in [0.29, 0.717) is 18.2 Å². The highest BCUT2D eigenvalue weighted by Crippen LogP contribution is 2.17. The molecule has 0 amide bonds. The van der Waals surface area contributed by atoms with Crippen molar-refractivity contribution in [3.8, 4) is 11.5 Å². The van der Waals surface area contributed by atoms with Crippen molar-refractivity contribution in [1.29, 1.82) is 0 Å². The third-order valence-electron chi connectivity index (χ3n) is 3.20. The van der Waals surface area contributed by atoms with E-state index in [2.05, 4.69) is 4.90 Å². The molecule has 2 N–H and O–H groups in total. The van der Waals surface area contributed by atoms with Crippen molar-refractivity contribution in [3.63, 3.8) is 0 Å². The molecule has 1 aliphatic heterocycles. The summed E-state index contributed by atoms with van der Waals surface area (Å²) in [5.74, 6) is 1.66. The lowest BCUT2D eigenvalue weighted by Gasteiger charge is -2.32. The van der Waals surface area contributed by atoms with Gasteiger partial charge in [-0.3, -0.25) is 4.90 Å². The minimum absolute atomic E-state index is 0.139. The van der Waals surface area contributed by atoms with Gasteiger partial charge in [-0.1, -0.05) is 12.2 Å². The molecule has 5 nitrogen and oxygen atoms in total. The molecule has 20 heavy (non-hydrogen) atoms. The summed E-state index contributed by atoms with van der Waals surface area (Å²) in [6.45, 7) is 3.72. The summed E-state index contributed by atoms with van der Waals surface area (Å²) in [5, 5.41) is 0. The molecule has 1 saturated heterocycles. The smallest absolute Gasteiger partial charge is 0.120 e. The van der Waals surface area contributed by atoms with Crippen LogP contribution in [0.2, 0.25) is 0 Å². The Bertz CT molecular complexity index is 439. The van der Waals surface area contributed by atoms with Crippen LogP contribution in [0.4, 0.5) is 0 Å². The van der Waals surface area contributed by atoms with Crippen molar-refractivity contribution >= 4 is 17.2 Å². The molecule has 0 saturated carbocycles. The van der Waals surface area contributed by atoms with Crippen molar-refractivity contribution < 1.29 is 14.2 Å². The number of benzene rings is 1. The molecule has 0 aromatic heterocycles. The fraction of sp³-hybridized carbons (Fsp3) is 0.500. The standard InChI is InChI=1S/C14H20N2O3S/c1-17-11-2-4-12(5-3-11)18-8-6-16-7-9-19-13(10-16)14(15)20/h2-5,13H,6-10H2,1H3,(H2,15,20). The Morgan fingerprint density at radius 1 is 1.40 bits per heavy atom. The highest BCUT2D eigenvalue weighted by atomic mass is 32.1. The van der Waals surface area contributed by atoms with Gasteiger partial charge in [-0.25, -0.2) is 0 Å². The van der Waals surface area contributed by atoms with Gasteiger partial charge in [0.15, 0.2) is 0 Å². The van der Waals surface area contributed by atoms with E-state index in [4.69, 9.17) is 32.2 Å². The molecule has 1 aromatic carbocycles. The Labute approximate surface area is 124 Å². The lowest BCUT2D eigenvalue weighted by Crippen LogP contribution is -2.48. The first kappa shape index (κ1) is 15.0. The molecule has 0 aliphatic carbocycles. The molecule has 0 bridgehead atoms. The van der Waals surface area contributed by atoms with E-state index in [1.54, 1.807) is 7.11 Å². The van der Waals surface area contributed by atoms with Gasteiger partial charge in [-0.05, 0) is 24.3 Å². The van der Waals surface area contributed by atoms with Gasteiger partial charge in [-0.2, -0.15) is 0 Å². The molecule has 1 atom stereocenters. The van der Waals surface area contributed by atoms with Gasteiger partial charge >= 0.3 is 0 Å². The van der Waals surface area contributed by atoms with Gasteiger partial charge in [0.1, 0.15) is 29.2 Å². The summed E-state index contributed by atoms with van der Waals surface area (Å²) in [7, 11) is 1.65. The summed E-state index contributed by atoms with van der Waals surface area (Å²) in [6, 6.07) is 7.56. The normalized spacial score (nSPS) is 19.6. The van der Waals surface area contributed by atoms with Gasteiger partial charge in [0, 0.05) is 19.6 Å². The summed E-state index contributed by atoms with van der Waals surface area (Å²) in [5.41, 5.74) is 5.61. The number of morpholine rings is 1. The van der Waals surface area contributed by atoms with Crippen molar-refractivity contribution in [3.05, 3.63) is 24.3 Å². The van der Waals surface area contributed by atoms with Crippen LogP contribution in [0.15, 0.2) is 24.3 Å². The van der Waals surface area contributed by atoms with Crippen molar-refractivity contribution in [2.24, 2.45) is 5.73 Å². The number of hydrogen-bond acceptors (Lipinski definition) is 5. The van der Waals surface area contributed by atoms with Crippen LogP contribution >= 0.6 is 12.2 Å². The molecule has 0 radical (unpaired) electrons. The van der Waals surface area contributed by atoms with Gasteiger partial charge in [0.2, 0.25) is 0 Å². The van der Waals surface area contributed by atoms with Crippen molar-refractivity contribution in [2.75, 3.05) is 40.0 Å². The summed E-state index contributed by atoms with van der Waals surface area (Å²) in [4.78, 5) is 2.67. The highest BCUT2D eigenvalue weighted by Gasteiger charge is 2.22. The number of rotatable bonds is 6. The minimum Gasteiger partial charge on any atom is -0.497 e. The molecule has 1 heterocycles. The van der Waals surface area contributed by atoms with Crippen molar-refractivity contribution in [1.82, 2.24) is 4.90 Å². The number of methoxy groups -OCH3 is 1. The van der Waals surface area contributed by atoms with Crippen molar-refractivity contribution in [2.45, 2.75) is 6.10 Å². The fourth-order valence-electron chi connectivity index (χ4n) is 2.04. The summed E-state index contributed by atoms with van der Waals surface area (Å²) >= 11 is 4.96. The van der Waals surface area contributed by atoms with Gasteiger partial charge in [-0.15, -0.1) is 0 Å². The van der Waals surface area contributed by atoms with Crippen LogP contribution in [-0.4, -0.2) is 56.0 Å².